The van der Waals surface area contributed by atoms with Crippen molar-refractivity contribution in [1.29, 1.82) is 0 Å². The quantitative estimate of drug-likeness (QED) is 0.839. The summed E-state index contributed by atoms with van der Waals surface area (Å²) >= 11 is 0. The van der Waals surface area contributed by atoms with Gasteiger partial charge in [0, 0.05) is 26.3 Å². The van der Waals surface area contributed by atoms with Crippen LogP contribution in [-0.2, 0) is 11.3 Å². The highest BCUT2D eigenvalue weighted by molar-refractivity contribution is 5.67. The fourth-order valence-electron chi connectivity index (χ4n) is 2.55. The van der Waals surface area contributed by atoms with Crippen molar-refractivity contribution in [1.82, 2.24) is 10.2 Å². The van der Waals surface area contributed by atoms with Gasteiger partial charge in [0.2, 0.25) is 0 Å². The van der Waals surface area contributed by atoms with Crippen LogP contribution in [0.4, 0.5) is 10.5 Å². The first-order chi connectivity index (χ1) is 12.0. The van der Waals surface area contributed by atoms with E-state index >= 15 is 0 Å². The number of nitrogens with one attached hydrogen (secondary N) is 1. The zero-order valence-corrected chi connectivity index (χ0v) is 15.4. The van der Waals surface area contributed by atoms with E-state index in [9.17, 15) is 4.79 Å². The summed E-state index contributed by atoms with van der Waals surface area (Å²) in [5, 5.41) is 2.86. The number of likely N-dealkylation sites (N-methyl/N-ethyl adjacent to an activating group) is 1. The number of hydrogen-bond donors (Lipinski definition) is 1. The molecule has 134 valence electrons. The van der Waals surface area contributed by atoms with Crippen molar-refractivity contribution >= 4 is 11.8 Å². The van der Waals surface area contributed by atoms with Gasteiger partial charge in [-0.15, -0.1) is 0 Å². The third kappa shape index (κ3) is 5.80. The average molecular weight is 341 g/mol. The van der Waals surface area contributed by atoms with E-state index in [1.807, 2.05) is 58.5 Å². The first-order valence-corrected chi connectivity index (χ1v) is 8.35. The lowest BCUT2D eigenvalue weighted by molar-refractivity contribution is 0.136. The van der Waals surface area contributed by atoms with E-state index in [1.54, 1.807) is 0 Å². The monoisotopic (exact) mass is 341 g/mol. The predicted octanol–water partition coefficient (Wildman–Crippen LogP) is 3.28. The molecule has 0 unspecified atom stereocenters. The molecule has 0 saturated carbocycles. The second-order valence-corrected chi connectivity index (χ2v) is 6.41. The Bertz CT molecular complexity index is 654. The summed E-state index contributed by atoms with van der Waals surface area (Å²) in [7, 11) is 8.04. The number of carbonyl (C=O) groups is 1. The Morgan fingerprint density at radius 1 is 1.00 bits per heavy atom. The van der Waals surface area contributed by atoms with Gasteiger partial charge in [-0.1, -0.05) is 42.5 Å². The van der Waals surface area contributed by atoms with Gasteiger partial charge in [-0.2, -0.15) is 0 Å². The highest BCUT2D eigenvalue weighted by atomic mass is 16.5. The average Bonchev–Trinajstić information content (AvgIpc) is 2.61. The molecule has 1 N–H and O–H groups in total. The molecule has 5 nitrogen and oxygen atoms in total. The van der Waals surface area contributed by atoms with Crippen LogP contribution >= 0.6 is 0 Å². The lowest BCUT2D eigenvalue weighted by atomic mass is 10.1. The molecular formula is C20H27N3O2. The van der Waals surface area contributed by atoms with Crippen LogP contribution in [0.25, 0.3) is 0 Å². The highest BCUT2D eigenvalue weighted by Crippen LogP contribution is 2.21. The molecule has 2 rings (SSSR count). The Labute approximate surface area is 150 Å². The van der Waals surface area contributed by atoms with Crippen molar-refractivity contribution in [2.24, 2.45) is 0 Å². The second kappa shape index (κ2) is 9.08. The van der Waals surface area contributed by atoms with Crippen molar-refractivity contribution < 1.29 is 9.53 Å². The number of carbonyl (C=O) groups excluding carboxylic acids is 1. The Morgan fingerprint density at radius 2 is 1.64 bits per heavy atom. The molecular weight excluding hydrogens is 314 g/mol. The molecule has 0 heterocycles. The lowest BCUT2D eigenvalue weighted by Crippen LogP contribution is -2.34. The van der Waals surface area contributed by atoms with Crippen molar-refractivity contribution in [3.8, 4) is 0 Å². The fraction of sp³-hybridized carbons (Fsp3) is 0.350. The summed E-state index contributed by atoms with van der Waals surface area (Å²) in [6, 6.07) is 18.1. The minimum Gasteiger partial charge on any atom is -0.445 e. The molecule has 25 heavy (non-hydrogen) atoms. The minimum atomic E-state index is -0.402. The molecule has 0 radical (unpaired) electrons. The third-order valence-electron chi connectivity index (χ3n) is 4.07. The molecule has 2 aromatic rings. The third-order valence-corrected chi connectivity index (χ3v) is 4.07. The van der Waals surface area contributed by atoms with Crippen LogP contribution in [0.1, 0.15) is 17.2 Å². The van der Waals surface area contributed by atoms with Crippen LogP contribution in [0.15, 0.2) is 54.6 Å². The zero-order chi connectivity index (χ0) is 18.2. The molecule has 0 saturated heterocycles. The van der Waals surface area contributed by atoms with Gasteiger partial charge in [-0.3, -0.25) is 0 Å². The number of nitrogens with zero attached hydrogens (tertiary/aromatic N) is 2. The van der Waals surface area contributed by atoms with E-state index in [1.165, 1.54) is 0 Å². The van der Waals surface area contributed by atoms with Crippen LogP contribution in [-0.4, -0.2) is 45.7 Å². The maximum atomic E-state index is 12.0. The topological polar surface area (TPSA) is 44.8 Å². The van der Waals surface area contributed by atoms with Crippen molar-refractivity contribution in [2.75, 3.05) is 39.6 Å². The summed E-state index contributed by atoms with van der Waals surface area (Å²) in [6.07, 6.45) is -0.402. The first kappa shape index (κ1) is 18.8. The van der Waals surface area contributed by atoms with Crippen molar-refractivity contribution in [3.63, 3.8) is 0 Å². The summed E-state index contributed by atoms with van der Waals surface area (Å²) < 4.78 is 5.27. The number of hydrogen-bond acceptors (Lipinski definition) is 4. The number of alkyl carbamates (subject to hydrolysis) is 1. The largest absolute Gasteiger partial charge is 0.445 e. The van der Waals surface area contributed by atoms with E-state index in [2.05, 4.69) is 39.4 Å². The standard InChI is InChI=1S/C20H27N3O2/c1-22(2)18-12-10-17(11-13-18)19(23(3)4)14-21-20(24)25-15-16-8-6-5-7-9-16/h5-13,19H,14-15H2,1-4H3,(H,21,24)/t19-/m0/s1. The zero-order valence-electron chi connectivity index (χ0n) is 15.4. The van der Waals surface area contributed by atoms with Gasteiger partial charge < -0.3 is 19.9 Å². The van der Waals surface area contributed by atoms with Gasteiger partial charge in [0.1, 0.15) is 6.61 Å². The predicted molar refractivity (Wildman–Crippen MR) is 102 cm³/mol. The molecule has 0 spiro atoms. The number of ether oxygens (including phenoxy) is 1. The van der Waals surface area contributed by atoms with Crippen molar-refractivity contribution in [2.45, 2.75) is 12.6 Å². The summed E-state index contributed by atoms with van der Waals surface area (Å²) in [4.78, 5) is 16.1. The van der Waals surface area contributed by atoms with Gasteiger partial charge in [0.25, 0.3) is 0 Å². The molecule has 0 aliphatic heterocycles. The number of anilines is 1. The Kier molecular flexibility index (Phi) is 6.83. The van der Waals surface area contributed by atoms with Gasteiger partial charge in [-0.05, 0) is 37.4 Å². The number of benzene rings is 2. The Balaban J connectivity index is 1.89. The SMILES string of the molecule is CN(C)c1ccc([C@H](CNC(=O)OCc2ccccc2)N(C)C)cc1. The van der Waals surface area contributed by atoms with E-state index in [0.717, 1.165) is 16.8 Å². The molecule has 1 amide bonds. The molecule has 0 aromatic heterocycles. The molecule has 1 atom stereocenters. The first-order valence-electron chi connectivity index (χ1n) is 8.35. The van der Waals surface area contributed by atoms with Crippen molar-refractivity contribution in [3.05, 3.63) is 65.7 Å². The fourth-order valence-corrected chi connectivity index (χ4v) is 2.55. The molecule has 2 aromatic carbocycles. The molecule has 0 aliphatic carbocycles. The summed E-state index contributed by atoms with van der Waals surface area (Å²) in [5.41, 5.74) is 3.27. The smallest absolute Gasteiger partial charge is 0.407 e. The molecule has 0 fully saturated rings. The summed E-state index contributed by atoms with van der Waals surface area (Å²) in [6.45, 7) is 0.763. The summed E-state index contributed by atoms with van der Waals surface area (Å²) in [5.74, 6) is 0. The Hall–Kier alpha value is -2.53. The maximum Gasteiger partial charge on any atom is 0.407 e. The second-order valence-electron chi connectivity index (χ2n) is 6.41. The highest BCUT2D eigenvalue weighted by Gasteiger charge is 2.16. The lowest BCUT2D eigenvalue weighted by Gasteiger charge is -2.25. The molecule has 5 heteroatoms. The van der Waals surface area contributed by atoms with Gasteiger partial charge in [0.05, 0.1) is 6.04 Å². The van der Waals surface area contributed by atoms with Crippen LogP contribution in [0.5, 0.6) is 0 Å². The van der Waals surface area contributed by atoms with Gasteiger partial charge >= 0.3 is 6.09 Å². The van der Waals surface area contributed by atoms with Gasteiger partial charge in [0.15, 0.2) is 0 Å². The molecule has 0 aliphatic rings. The van der Waals surface area contributed by atoms with Crippen LogP contribution in [0.3, 0.4) is 0 Å². The van der Waals surface area contributed by atoms with E-state index in [-0.39, 0.29) is 12.6 Å². The van der Waals surface area contributed by atoms with Crippen LogP contribution in [0, 0.1) is 0 Å². The number of rotatable bonds is 7. The normalized spacial score (nSPS) is 11.9. The maximum absolute atomic E-state index is 12.0. The van der Waals surface area contributed by atoms with Crippen LogP contribution in [0.2, 0.25) is 0 Å². The number of amides is 1. The Morgan fingerprint density at radius 3 is 2.20 bits per heavy atom. The molecule has 0 bridgehead atoms. The van der Waals surface area contributed by atoms with E-state index < -0.39 is 6.09 Å². The van der Waals surface area contributed by atoms with Crippen LogP contribution < -0.4 is 10.2 Å². The van der Waals surface area contributed by atoms with E-state index in [4.69, 9.17) is 4.74 Å². The van der Waals surface area contributed by atoms with E-state index in [0.29, 0.717) is 6.54 Å². The minimum absolute atomic E-state index is 0.0838. The van der Waals surface area contributed by atoms with Gasteiger partial charge in [-0.25, -0.2) is 4.79 Å².